The highest BCUT2D eigenvalue weighted by atomic mass is 16.5. The number of nitrogens with zero attached hydrogens (tertiary/aromatic N) is 1. The molecule has 0 bridgehead atoms. The van der Waals surface area contributed by atoms with E-state index in [9.17, 15) is 0 Å². The van der Waals surface area contributed by atoms with Crippen molar-refractivity contribution in [1.82, 2.24) is 4.90 Å². The van der Waals surface area contributed by atoms with E-state index in [-0.39, 0.29) is 6.10 Å². The Bertz CT molecular complexity index is 388. The summed E-state index contributed by atoms with van der Waals surface area (Å²) in [5, 5.41) is 0. The molecular formula is C22H43NO2. The van der Waals surface area contributed by atoms with Gasteiger partial charge in [0.05, 0.1) is 19.8 Å². The van der Waals surface area contributed by atoms with Gasteiger partial charge in [0, 0.05) is 6.04 Å². The summed E-state index contributed by atoms with van der Waals surface area (Å²) < 4.78 is 10.6. The van der Waals surface area contributed by atoms with Gasteiger partial charge in [0.1, 0.15) is 5.75 Å². The standard InChI is InChI=1S/C11H16O2.C6H14.C5H13N/c1-9(2)13-8-10-5-4-6-11(7-10)12-3;2*1-5(2)6(3)4/h4-7,9H,8H2,1-3H3;5-6H,1-4H3;5H,1-4H3. The molecule has 1 aromatic rings. The van der Waals surface area contributed by atoms with Crippen LogP contribution < -0.4 is 4.74 Å². The molecule has 0 saturated carbocycles. The molecule has 1 rings (SSSR count). The van der Waals surface area contributed by atoms with Gasteiger partial charge in [-0.2, -0.15) is 0 Å². The third kappa shape index (κ3) is 17.6. The third-order valence-electron chi connectivity index (χ3n) is 4.08. The Labute approximate surface area is 157 Å². The molecule has 0 atom stereocenters. The molecule has 0 aliphatic rings. The maximum Gasteiger partial charge on any atom is 0.119 e. The van der Waals surface area contributed by atoms with Crippen LogP contribution in [-0.4, -0.2) is 38.3 Å². The van der Waals surface area contributed by atoms with Gasteiger partial charge in [-0.15, -0.1) is 0 Å². The van der Waals surface area contributed by atoms with Gasteiger partial charge in [-0.3, -0.25) is 0 Å². The average molecular weight is 354 g/mol. The van der Waals surface area contributed by atoms with E-state index >= 15 is 0 Å². The molecule has 0 aliphatic carbocycles. The van der Waals surface area contributed by atoms with E-state index in [0.29, 0.717) is 12.6 Å². The highest BCUT2D eigenvalue weighted by Crippen LogP contribution is 2.13. The van der Waals surface area contributed by atoms with E-state index in [1.807, 2.05) is 38.1 Å². The number of rotatable bonds is 6. The minimum absolute atomic E-state index is 0.270. The van der Waals surface area contributed by atoms with Gasteiger partial charge in [-0.25, -0.2) is 0 Å². The molecular weight excluding hydrogens is 310 g/mol. The lowest BCUT2D eigenvalue weighted by Gasteiger charge is -2.12. The lowest BCUT2D eigenvalue weighted by Crippen LogP contribution is -2.20. The quantitative estimate of drug-likeness (QED) is 0.638. The summed E-state index contributed by atoms with van der Waals surface area (Å²) in [5.41, 5.74) is 1.15. The van der Waals surface area contributed by atoms with Crippen molar-refractivity contribution < 1.29 is 9.47 Å². The predicted octanol–water partition coefficient (Wildman–Crippen LogP) is 5.88. The molecule has 0 aliphatic heterocycles. The largest absolute Gasteiger partial charge is 0.497 e. The zero-order valence-electron chi connectivity index (χ0n) is 18.6. The molecule has 0 spiro atoms. The molecule has 0 radical (unpaired) electrons. The second-order valence-corrected chi connectivity index (χ2v) is 7.76. The molecule has 148 valence electrons. The number of hydrogen-bond donors (Lipinski definition) is 0. The minimum atomic E-state index is 0.270. The van der Waals surface area contributed by atoms with E-state index in [0.717, 1.165) is 23.1 Å². The van der Waals surface area contributed by atoms with Crippen LogP contribution in [0.3, 0.4) is 0 Å². The Kier molecular flexibility index (Phi) is 15.9. The summed E-state index contributed by atoms with van der Waals surface area (Å²) in [6.45, 7) is 18.0. The summed E-state index contributed by atoms with van der Waals surface area (Å²) in [4.78, 5) is 2.17. The molecule has 0 saturated heterocycles. The van der Waals surface area contributed by atoms with E-state index in [4.69, 9.17) is 9.47 Å². The van der Waals surface area contributed by atoms with Crippen molar-refractivity contribution >= 4 is 0 Å². The van der Waals surface area contributed by atoms with Gasteiger partial charge >= 0.3 is 0 Å². The predicted molar refractivity (Wildman–Crippen MR) is 111 cm³/mol. The summed E-state index contributed by atoms with van der Waals surface area (Å²) in [7, 11) is 5.82. The van der Waals surface area contributed by atoms with Crippen LogP contribution in [-0.2, 0) is 11.3 Å². The van der Waals surface area contributed by atoms with E-state index in [1.165, 1.54) is 0 Å². The maximum atomic E-state index is 5.47. The summed E-state index contributed by atoms with van der Waals surface area (Å²) in [6, 6.07) is 8.61. The maximum absolute atomic E-state index is 5.47. The van der Waals surface area contributed by atoms with Gasteiger partial charge in [0.25, 0.3) is 0 Å². The molecule has 25 heavy (non-hydrogen) atoms. The zero-order valence-corrected chi connectivity index (χ0v) is 18.6. The highest BCUT2D eigenvalue weighted by Gasteiger charge is 1.97. The van der Waals surface area contributed by atoms with Crippen molar-refractivity contribution in [3.8, 4) is 5.75 Å². The van der Waals surface area contributed by atoms with Crippen LogP contribution >= 0.6 is 0 Å². The summed E-state index contributed by atoms with van der Waals surface area (Å²) >= 11 is 0. The molecule has 1 aromatic carbocycles. The van der Waals surface area contributed by atoms with Crippen molar-refractivity contribution in [2.45, 2.75) is 74.1 Å². The first-order valence-electron chi connectivity index (χ1n) is 9.42. The van der Waals surface area contributed by atoms with Crippen molar-refractivity contribution in [3.05, 3.63) is 29.8 Å². The first-order chi connectivity index (χ1) is 11.5. The lowest BCUT2D eigenvalue weighted by atomic mass is 10.0. The number of ether oxygens (including phenoxy) is 2. The monoisotopic (exact) mass is 353 g/mol. The van der Waals surface area contributed by atoms with Crippen molar-refractivity contribution in [3.63, 3.8) is 0 Å². The molecule has 0 heterocycles. The van der Waals surface area contributed by atoms with Crippen molar-refractivity contribution in [2.75, 3.05) is 21.2 Å². The Morgan fingerprint density at radius 1 is 0.880 bits per heavy atom. The second-order valence-electron chi connectivity index (χ2n) is 7.76. The molecule has 0 unspecified atom stereocenters. The van der Waals surface area contributed by atoms with Crippen LogP contribution in [0, 0.1) is 11.8 Å². The van der Waals surface area contributed by atoms with Crippen LogP contribution in [0.15, 0.2) is 24.3 Å². The Hall–Kier alpha value is -1.06. The molecule has 3 nitrogen and oxygen atoms in total. The van der Waals surface area contributed by atoms with Crippen LogP contribution in [0.25, 0.3) is 0 Å². The first-order valence-corrected chi connectivity index (χ1v) is 9.42. The van der Waals surface area contributed by atoms with E-state index in [2.05, 4.69) is 60.5 Å². The summed E-state index contributed by atoms with van der Waals surface area (Å²) in [5.74, 6) is 2.58. The Balaban J connectivity index is 0. The van der Waals surface area contributed by atoms with Gasteiger partial charge < -0.3 is 14.4 Å². The molecule has 0 fully saturated rings. The normalized spacial score (nSPS) is 10.7. The highest BCUT2D eigenvalue weighted by molar-refractivity contribution is 5.27. The number of benzene rings is 1. The van der Waals surface area contributed by atoms with E-state index in [1.54, 1.807) is 7.11 Å². The fraction of sp³-hybridized carbons (Fsp3) is 0.727. The first kappa shape index (κ1) is 26.2. The fourth-order valence-electron chi connectivity index (χ4n) is 1.03. The van der Waals surface area contributed by atoms with Crippen LogP contribution in [0.2, 0.25) is 0 Å². The second kappa shape index (κ2) is 15.2. The Morgan fingerprint density at radius 2 is 1.36 bits per heavy atom. The smallest absolute Gasteiger partial charge is 0.119 e. The summed E-state index contributed by atoms with van der Waals surface area (Å²) in [6.07, 6.45) is 0.270. The zero-order chi connectivity index (χ0) is 20.0. The Morgan fingerprint density at radius 3 is 1.68 bits per heavy atom. The third-order valence-corrected chi connectivity index (χ3v) is 4.08. The number of hydrogen-bond acceptors (Lipinski definition) is 3. The SMILES string of the molecule is CC(C)C(C)C.CC(C)N(C)C.COc1cccc(COC(C)C)c1. The van der Waals surface area contributed by atoms with E-state index < -0.39 is 0 Å². The topological polar surface area (TPSA) is 21.7 Å². The van der Waals surface area contributed by atoms with Crippen molar-refractivity contribution in [2.24, 2.45) is 11.8 Å². The molecule has 3 heteroatoms. The molecule has 0 aromatic heterocycles. The van der Waals surface area contributed by atoms with Gasteiger partial charge in [0.15, 0.2) is 0 Å². The molecule has 0 N–H and O–H groups in total. The minimum Gasteiger partial charge on any atom is -0.497 e. The van der Waals surface area contributed by atoms with Crippen LogP contribution in [0.1, 0.15) is 61.0 Å². The van der Waals surface area contributed by atoms with Crippen LogP contribution in [0.5, 0.6) is 5.75 Å². The van der Waals surface area contributed by atoms with Gasteiger partial charge in [-0.1, -0.05) is 39.8 Å². The van der Waals surface area contributed by atoms with Crippen LogP contribution in [0.4, 0.5) is 0 Å². The van der Waals surface area contributed by atoms with Crippen molar-refractivity contribution in [1.29, 1.82) is 0 Å². The lowest BCUT2D eigenvalue weighted by molar-refractivity contribution is 0.0656. The van der Waals surface area contributed by atoms with Gasteiger partial charge in [-0.05, 0) is 71.3 Å². The number of methoxy groups -OCH3 is 1. The van der Waals surface area contributed by atoms with Gasteiger partial charge in [0.2, 0.25) is 0 Å². The fourth-order valence-corrected chi connectivity index (χ4v) is 1.03. The molecule has 0 amide bonds. The average Bonchev–Trinajstić information content (AvgIpc) is 2.54.